The third kappa shape index (κ3) is 2.99. The number of aliphatic hydroxyl groups is 1. The van der Waals surface area contributed by atoms with Gasteiger partial charge in [-0.1, -0.05) is 59.6 Å². The number of benzene rings is 2. The molecule has 1 N–H and O–H groups in total. The molecule has 3 rings (SSSR count). The molecule has 0 aliphatic rings. The van der Waals surface area contributed by atoms with Crippen LogP contribution in [0.2, 0.25) is 10.0 Å². The topological polar surface area (TPSA) is 50.9 Å². The lowest BCUT2D eigenvalue weighted by atomic mass is 9.89. The summed E-state index contributed by atoms with van der Waals surface area (Å²) in [6.07, 6.45) is 1.93. The number of rotatable bonds is 4. The number of halogens is 2. The lowest BCUT2D eigenvalue weighted by Crippen LogP contribution is -2.19. The van der Waals surface area contributed by atoms with Crippen LogP contribution in [-0.4, -0.2) is 19.9 Å². The normalized spacial score (nSPS) is 13.8. The molecule has 0 aliphatic carbocycles. The molecule has 6 heteroatoms. The molecule has 2 unspecified atom stereocenters. The van der Waals surface area contributed by atoms with E-state index < -0.39 is 6.23 Å². The predicted octanol–water partition coefficient (Wildman–Crippen LogP) is 3.91. The molecule has 0 saturated carbocycles. The van der Waals surface area contributed by atoms with Crippen LogP contribution in [0.1, 0.15) is 23.3 Å². The Morgan fingerprint density at radius 1 is 1.05 bits per heavy atom. The first kappa shape index (κ1) is 15.0. The van der Waals surface area contributed by atoms with Crippen LogP contribution < -0.4 is 0 Å². The van der Waals surface area contributed by atoms with E-state index >= 15 is 0 Å². The maximum Gasteiger partial charge on any atom is 0.159 e. The molecule has 0 bridgehead atoms. The van der Waals surface area contributed by atoms with Crippen LogP contribution in [0.15, 0.2) is 61.2 Å². The van der Waals surface area contributed by atoms with Crippen LogP contribution in [-0.2, 0) is 0 Å². The van der Waals surface area contributed by atoms with Crippen LogP contribution in [0.25, 0.3) is 0 Å². The highest BCUT2D eigenvalue weighted by Gasteiger charge is 2.27. The maximum atomic E-state index is 10.7. The highest BCUT2D eigenvalue weighted by molar-refractivity contribution is 6.35. The van der Waals surface area contributed by atoms with Gasteiger partial charge in [0.05, 0.1) is 5.92 Å². The molecular formula is C16H13Cl2N3O. The zero-order valence-corrected chi connectivity index (χ0v) is 13.0. The van der Waals surface area contributed by atoms with Crippen molar-refractivity contribution in [2.75, 3.05) is 0 Å². The van der Waals surface area contributed by atoms with E-state index in [4.69, 9.17) is 23.2 Å². The van der Waals surface area contributed by atoms with Crippen molar-refractivity contribution in [3.63, 3.8) is 0 Å². The number of nitrogens with zero attached hydrogens (tertiary/aromatic N) is 3. The first-order valence-corrected chi connectivity index (χ1v) is 7.44. The molecule has 0 aliphatic heterocycles. The SMILES string of the molecule is OC(C(c1ccccc1)c1ccc(Cl)cc1Cl)n1cncn1. The van der Waals surface area contributed by atoms with Gasteiger partial charge in [-0.05, 0) is 23.3 Å². The summed E-state index contributed by atoms with van der Waals surface area (Å²) in [5, 5.41) is 15.8. The molecule has 3 aromatic rings. The van der Waals surface area contributed by atoms with Crippen molar-refractivity contribution in [3.8, 4) is 0 Å². The number of hydrogen-bond donors (Lipinski definition) is 1. The second-order valence-electron chi connectivity index (χ2n) is 4.84. The van der Waals surface area contributed by atoms with Crippen molar-refractivity contribution < 1.29 is 5.11 Å². The minimum Gasteiger partial charge on any atom is -0.371 e. The smallest absolute Gasteiger partial charge is 0.159 e. The largest absolute Gasteiger partial charge is 0.371 e. The molecular weight excluding hydrogens is 321 g/mol. The third-order valence-electron chi connectivity index (χ3n) is 3.46. The van der Waals surface area contributed by atoms with E-state index in [1.54, 1.807) is 12.1 Å². The lowest BCUT2D eigenvalue weighted by Gasteiger charge is -2.24. The van der Waals surface area contributed by atoms with Gasteiger partial charge < -0.3 is 5.11 Å². The van der Waals surface area contributed by atoms with Gasteiger partial charge in [-0.2, -0.15) is 5.10 Å². The van der Waals surface area contributed by atoms with E-state index in [1.165, 1.54) is 17.3 Å². The molecule has 4 nitrogen and oxygen atoms in total. The first-order valence-electron chi connectivity index (χ1n) is 6.69. The Balaban J connectivity index is 2.11. The Bertz CT molecular complexity index is 747. The Kier molecular flexibility index (Phi) is 4.43. The molecule has 1 heterocycles. The highest BCUT2D eigenvalue weighted by atomic mass is 35.5. The fourth-order valence-electron chi connectivity index (χ4n) is 2.43. The maximum absolute atomic E-state index is 10.7. The van der Waals surface area contributed by atoms with Crippen molar-refractivity contribution in [1.29, 1.82) is 0 Å². The predicted molar refractivity (Wildman–Crippen MR) is 86.0 cm³/mol. The highest BCUT2D eigenvalue weighted by Crippen LogP contribution is 2.37. The minimum absolute atomic E-state index is 0.382. The third-order valence-corrected chi connectivity index (χ3v) is 4.02. The summed E-state index contributed by atoms with van der Waals surface area (Å²) in [5.41, 5.74) is 1.70. The van der Waals surface area contributed by atoms with E-state index in [2.05, 4.69) is 10.1 Å². The van der Waals surface area contributed by atoms with Crippen molar-refractivity contribution in [2.45, 2.75) is 12.1 Å². The molecule has 0 fully saturated rings. The minimum atomic E-state index is -0.927. The van der Waals surface area contributed by atoms with Crippen LogP contribution in [0, 0.1) is 0 Å². The fourth-order valence-corrected chi connectivity index (χ4v) is 2.96. The summed E-state index contributed by atoms with van der Waals surface area (Å²) in [5.74, 6) is -0.382. The molecule has 2 atom stereocenters. The van der Waals surface area contributed by atoms with Crippen LogP contribution in [0.3, 0.4) is 0 Å². The van der Waals surface area contributed by atoms with Crippen molar-refractivity contribution in [2.24, 2.45) is 0 Å². The Morgan fingerprint density at radius 2 is 1.82 bits per heavy atom. The average Bonchev–Trinajstić information content (AvgIpc) is 3.05. The molecule has 1 aromatic heterocycles. The molecule has 2 aromatic carbocycles. The second kappa shape index (κ2) is 6.48. The fraction of sp³-hybridized carbons (Fsp3) is 0.125. The van der Waals surface area contributed by atoms with Gasteiger partial charge in [0.2, 0.25) is 0 Å². The van der Waals surface area contributed by atoms with Gasteiger partial charge in [0.25, 0.3) is 0 Å². The average molecular weight is 334 g/mol. The van der Waals surface area contributed by atoms with E-state index in [-0.39, 0.29) is 5.92 Å². The Morgan fingerprint density at radius 3 is 2.45 bits per heavy atom. The molecule has 22 heavy (non-hydrogen) atoms. The van der Waals surface area contributed by atoms with Gasteiger partial charge in [-0.25, -0.2) is 9.67 Å². The standard InChI is InChI=1S/C16H13Cl2N3O/c17-12-6-7-13(14(18)8-12)15(11-4-2-1-3-5-11)16(22)21-10-19-9-20-21/h1-10,15-16,22H. The second-order valence-corrected chi connectivity index (χ2v) is 5.69. The van der Waals surface area contributed by atoms with E-state index in [0.29, 0.717) is 10.0 Å². The van der Waals surface area contributed by atoms with Crippen LogP contribution in [0.4, 0.5) is 0 Å². The van der Waals surface area contributed by atoms with Gasteiger partial charge >= 0.3 is 0 Å². The number of aromatic nitrogens is 3. The van der Waals surface area contributed by atoms with Crippen molar-refractivity contribution >= 4 is 23.2 Å². The first-order chi connectivity index (χ1) is 10.7. The summed E-state index contributed by atoms with van der Waals surface area (Å²) < 4.78 is 1.41. The number of aliphatic hydroxyl groups excluding tert-OH is 1. The molecule has 112 valence electrons. The van der Waals surface area contributed by atoms with Gasteiger partial charge in [-0.3, -0.25) is 0 Å². The van der Waals surface area contributed by atoms with E-state index in [0.717, 1.165) is 11.1 Å². The molecule has 0 spiro atoms. The monoisotopic (exact) mass is 333 g/mol. The van der Waals surface area contributed by atoms with Crippen LogP contribution in [0.5, 0.6) is 0 Å². The lowest BCUT2D eigenvalue weighted by molar-refractivity contribution is 0.0733. The summed E-state index contributed by atoms with van der Waals surface area (Å²) in [7, 11) is 0. The van der Waals surface area contributed by atoms with Crippen LogP contribution >= 0.6 is 23.2 Å². The zero-order valence-electron chi connectivity index (χ0n) is 11.5. The quantitative estimate of drug-likeness (QED) is 0.787. The molecule has 0 radical (unpaired) electrons. The molecule has 0 amide bonds. The van der Waals surface area contributed by atoms with Gasteiger partial charge in [-0.15, -0.1) is 0 Å². The van der Waals surface area contributed by atoms with Crippen molar-refractivity contribution in [3.05, 3.63) is 82.4 Å². The summed E-state index contributed by atoms with van der Waals surface area (Å²) in [6, 6.07) is 14.9. The zero-order chi connectivity index (χ0) is 15.5. The van der Waals surface area contributed by atoms with E-state index in [1.807, 2.05) is 36.4 Å². The summed E-state index contributed by atoms with van der Waals surface area (Å²) >= 11 is 12.3. The number of hydrogen-bond acceptors (Lipinski definition) is 3. The Hall–Kier alpha value is -1.88. The van der Waals surface area contributed by atoms with E-state index in [9.17, 15) is 5.11 Å². The van der Waals surface area contributed by atoms with Crippen molar-refractivity contribution in [1.82, 2.24) is 14.8 Å². The summed E-state index contributed by atoms with van der Waals surface area (Å²) in [4.78, 5) is 3.89. The van der Waals surface area contributed by atoms with Gasteiger partial charge in [0.1, 0.15) is 12.7 Å². The molecule has 0 saturated heterocycles. The Labute approximate surface area is 138 Å². The van der Waals surface area contributed by atoms with Gasteiger partial charge in [0.15, 0.2) is 6.23 Å². The van der Waals surface area contributed by atoms with Gasteiger partial charge in [0, 0.05) is 10.0 Å². The summed E-state index contributed by atoms with van der Waals surface area (Å²) in [6.45, 7) is 0.